The molecular weight excluding hydrogens is 230 g/mol. The fourth-order valence-corrected chi connectivity index (χ4v) is 1.46. The summed E-state index contributed by atoms with van der Waals surface area (Å²) in [5, 5.41) is 4.23. The van der Waals surface area contributed by atoms with Crippen LogP contribution >= 0.6 is 0 Å². The van der Waals surface area contributed by atoms with Crippen LogP contribution in [0.4, 0.5) is 0 Å². The van der Waals surface area contributed by atoms with Crippen molar-refractivity contribution in [3.8, 4) is 11.4 Å². The van der Waals surface area contributed by atoms with Crippen molar-refractivity contribution in [1.29, 1.82) is 0 Å². The molecule has 0 radical (unpaired) electrons. The van der Waals surface area contributed by atoms with Gasteiger partial charge in [0.1, 0.15) is 6.33 Å². The van der Waals surface area contributed by atoms with E-state index in [0.717, 1.165) is 11.1 Å². The largest absolute Gasteiger partial charge is 0.291 e. The molecule has 0 aliphatic carbocycles. The van der Waals surface area contributed by atoms with Crippen LogP contribution in [0, 0.1) is 6.92 Å². The minimum atomic E-state index is -0.400. The summed E-state index contributed by atoms with van der Waals surface area (Å²) in [5.74, 6) is 5.16. The Labute approximate surface area is 104 Å². The topological polar surface area (TPSA) is 85.8 Å². The number of aromatic nitrogens is 3. The van der Waals surface area contributed by atoms with Gasteiger partial charge in [-0.05, 0) is 13.0 Å². The second-order valence-corrected chi connectivity index (χ2v) is 3.74. The summed E-state index contributed by atoms with van der Waals surface area (Å²) >= 11 is 0. The Morgan fingerprint density at radius 2 is 2.33 bits per heavy atom. The lowest BCUT2D eigenvalue weighted by Crippen LogP contribution is -2.28. The van der Waals surface area contributed by atoms with Gasteiger partial charge in [-0.1, -0.05) is 23.8 Å². The highest BCUT2D eigenvalue weighted by atomic mass is 16.2. The normalized spacial score (nSPS) is 10.8. The third-order valence-corrected chi connectivity index (χ3v) is 2.31. The van der Waals surface area contributed by atoms with E-state index in [4.69, 9.17) is 5.84 Å². The van der Waals surface area contributed by atoms with Crippen molar-refractivity contribution < 1.29 is 4.79 Å². The Bertz CT molecular complexity index is 588. The standard InChI is InChI=1S/C12H13N5O/c1-9-3-2-4-10(7-9)12-14-8-17(16-12)6-5-11(18)15-13/h2-8H,13H2,1H3,(H,15,18)/b6-5-. The number of benzene rings is 1. The van der Waals surface area contributed by atoms with E-state index in [1.807, 2.05) is 36.6 Å². The van der Waals surface area contributed by atoms with Crippen LogP contribution in [0.1, 0.15) is 5.56 Å². The molecule has 1 aromatic heterocycles. The van der Waals surface area contributed by atoms with Crippen molar-refractivity contribution in [2.24, 2.45) is 5.84 Å². The van der Waals surface area contributed by atoms with Gasteiger partial charge in [-0.25, -0.2) is 15.5 Å². The summed E-state index contributed by atoms with van der Waals surface area (Å²) in [7, 11) is 0. The van der Waals surface area contributed by atoms with Gasteiger partial charge in [-0.3, -0.25) is 10.2 Å². The summed E-state index contributed by atoms with van der Waals surface area (Å²) in [6, 6.07) is 7.88. The molecule has 6 heteroatoms. The van der Waals surface area contributed by atoms with Crippen molar-refractivity contribution in [2.45, 2.75) is 6.92 Å². The van der Waals surface area contributed by atoms with Crippen molar-refractivity contribution in [3.05, 3.63) is 42.2 Å². The average molecular weight is 243 g/mol. The maximum atomic E-state index is 10.9. The first-order valence-electron chi connectivity index (χ1n) is 5.36. The molecule has 0 saturated heterocycles. The molecule has 3 N–H and O–H groups in total. The van der Waals surface area contributed by atoms with Gasteiger partial charge in [0, 0.05) is 17.8 Å². The second kappa shape index (κ2) is 5.24. The number of amides is 1. The first-order valence-corrected chi connectivity index (χ1v) is 5.36. The lowest BCUT2D eigenvalue weighted by Gasteiger charge is -1.96. The minimum Gasteiger partial charge on any atom is -0.291 e. The predicted molar refractivity (Wildman–Crippen MR) is 67.9 cm³/mol. The molecule has 1 amide bonds. The third-order valence-electron chi connectivity index (χ3n) is 2.31. The van der Waals surface area contributed by atoms with Crippen LogP contribution in [0.15, 0.2) is 36.7 Å². The third kappa shape index (κ3) is 2.80. The van der Waals surface area contributed by atoms with E-state index >= 15 is 0 Å². The molecule has 0 spiro atoms. The molecule has 0 atom stereocenters. The Morgan fingerprint density at radius 1 is 1.50 bits per heavy atom. The quantitative estimate of drug-likeness (QED) is 0.360. The minimum absolute atomic E-state index is 0.400. The monoisotopic (exact) mass is 243 g/mol. The zero-order valence-corrected chi connectivity index (χ0v) is 9.87. The molecule has 2 rings (SSSR count). The van der Waals surface area contributed by atoms with Crippen molar-refractivity contribution in [1.82, 2.24) is 20.2 Å². The van der Waals surface area contributed by atoms with E-state index in [9.17, 15) is 4.79 Å². The summed E-state index contributed by atoms with van der Waals surface area (Å²) in [6.07, 6.45) is 4.28. The van der Waals surface area contributed by atoms with Gasteiger partial charge in [0.15, 0.2) is 5.82 Å². The molecule has 0 fully saturated rings. The highest BCUT2D eigenvalue weighted by Gasteiger charge is 2.02. The highest BCUT2D eigenvalue weighted by molar-refractivity contribution is 5.89. The molecule has 1 aromatic carbocycles. The van der Waals surface area contributed by atoms with Crippen LogP contribution in [0.3, 0.4) is 0 Å². The van der Waals surface area contributed by atoms with Crippen molar-refractivity contribution >= 4 is 12.1 Å². The maximum Gasteiger partial charge on any atom is 0.259 e. The molecular formula is C12H13N5O. The smallest absolute Gasteiger partial charge is 0.259 e. The summed E-state index contributed by atoms with van der Waals surface area (Å²) in [4.78, 5) is 15.1. The molecule has 6 nitrogen and oxygen atoms in total. The molecule has 2 aromatic rings. The molecule has 0 saturated carbocycles. The lowest BCUT2D eigenvalue weighted by molar-refractivity contribution is -0.116. The number of carbonyl (C=O) groups is 1. The van der Waals surface area contributed by atoms with Gasteiger partial charge >= 0.3 is 0 Å². The first-order chi connectivity index (χ1) is 8.69. The summed E-state index contributed by atoms with van der Waals surface area (Å²) in [6.45, 7) is 2.01. The predicted octanol–water partition coefficient (Wildman–Crippen LogP) is 0.714. The van der Waals surface area contributed by atoms with E-state index in [1.54, 1.807) is 0 Å². The molecule has 0 bridgehead atoms. The number of hydrogen-bond donors (Lipinski definition) is 2. The van der Waals surface area contributed by atoms with Gasteiger partial charge in [0.2, 0.25) is 0 Å². The highest BCUT2D eigenvalue weighted by Crippen LogP contribution is 2.15. The van der Waals surface area contributed by atoms with Crippen LogP contribution < -0.4 is 11.3 Å². The SMILES string of the molecule is Cc1cccc(-c2ncn(/C=C\C(=O)NN)n2)c1. The zero-order chi connectivity index (χ0) is 13.0. The molecule has 0 unspecified atom stereocenters. The van der Waals surface area contributed by atoms with Gasteiger partial charge in [-0.2, -0.15) is 0 Å². The van der Waals surface area contributed by atoms with Crippen LogP contribution in [-0.4, -0.2) is 20.7 Å². The van der Waals surface area contributed by atoms with E-state index in [2.05, 4.69) is 10.1 Å². The van der Waals surface area contributed by atoms with Crippen LogP contribution in [0.25, 0.3) is 17.6 Å². The molecule has 92 valence electrons. The number of aryl methyl sites for hydroxylation is 1. The molecule has 0 aliphatic rings. The number of nitrogens with one attached hydrogen (secondary N) is 1. The first kappa shape index (κ1) is 12.0. The van der Waals surface area contributed by atoms with Crippen LogP contribution in [0.2, 0.25) is 0 Å². The van der Waals surface area contributed by atoms with Gasteiger partial charge < -0.3 is 0 Å². The van der Waals surface area contributed by atoms with E-state index in [-0.39, 0.29) is 0 Å². The van der Waals surface area contributed by atoms with Gasteiger partial charge in [0.25, 0.3) is 5.91 Å². The Kier molecular flexibility index (Phi) is 3.49. The van der Waals surface area contributed by atoms with Crippen molar-refractivity contribution in [3.63, 3.8) is 0 Å². The van der Waals surface area contributed by atoms with E-state index in [1.165, 1.54) is 23.3 Å². The van der Waals surface area contributed by atoms with Gasteiger partial charge in [-0.15, -0.1) is 5.10 Å². The average Bonchev–Trinajstić information content (AvgIpc) is 2.84. The number of hydrazine groups is 1. The number of rotatable bonds is 3. The fraction of sp³-hybridized carbons (Fsp3) is 0.0833. The summed E-state index contributed by atoms with van der Waals surface area (Å²) < 4.78 is 1.45. The Balaban J connectivity index is 2.20. The Hall–Kier alpha value is -2.47. The molecule has 18 heavy (non-hydrogen) atoms. The maximum absolute atomic E-state index is 10.9. The molecule has 0 aliphatic heterocycles. The van der Waals surface area contributed by atoms with E-state index in [0.29, 0.717) is 5.82 Å². The summed E-state index contributed by atoms with van der Waals surface area (Å²) in [5.41, 5.74) is 4.07. The number of carbonyl (C=O) groups excluding carboxylic acids is 1. The fourth-order valence-electron chi connectivity index (χ4n) is 1.46. The number of hydrogen-bond acceptors (Lipinski definition) is 4. The van der Waals surface area contributed by atoms with Crippen molar-refractivity contribution in [2.75, 3.05) is 0 Å². The lowest BCUT2D eigenvalue weighted by atomic mass is 10.1. The number of nitrogens with zero attached hydrogens (tertiary/aromatic N) is 3. The second-order valence-electron chi connectivity index (χ2n) is 3.74. The number of nitrogens with two attached hydrogens (primary N) is 1. The zero-order valence-electron chi connectivity index (χ0n) is 9.87. The Morgan fingerprint density at radius 3 is 3.06 bits per heavy atom. The van der Waals surface area contributed by atoms with Crippen LogP contribution in [0.5, 0.6) is 0 Å². The molecule has 1 heterocycles. The van der Waals surface area contributed by atoms with Gasteiger partial charge in [0.05, 0.1) is 0 Å². The van der Waals surface area contributed by atoms with E-state index < -0.39 is 5.91 Å². The van der Waals surface area contributed by atoms with Crippen LogP contribution in [-0.2, 0) is 4.79 Å².